The van der Waals surface area contributed by atoms with E-state index in [0.717, 1.165) is 67.3 Å². The molecule has 3 atom stereocenters. The molecule has 0 unspecified atom stereocenters. The molecule has 0 N–H and O–H groups in total. The van der Waals surface area contributed by atoms with Gasteiger partial charge < -0.3 is 23.7 Å². The Morgan fingerprint density at radius 1 is 0.826 bits per heavy atom. The van der Waals surface area contributed by atoms with Gasteiger partial charge in [0, 0.05) is 36.2 Å². The van der Waals surface area contributed by atoms with Gasteiger partial charge in [-0.15, -0.1) is 0 Å². The number of likely N-dealkylation sites (N-methyl/N-ethyl adjacent to an activating group) is 2. The number of methoxy groups -OCH3 is 4. The van der Waals surface area contributed by atoms with Crippen LogP contribution in [-0.2, 0) is 29.5 Å². The number of nitrogens with zero attached hydrogens (tertiary/aromatic N) is 2. The number of ether oxygens (including phenoxy) is 5. The highest BCUT2D eigenvalue weighted by Crippen LogP contribution is 2.58. The van der Waals surface area contributed by atoms with Crippen LogP contribution in [0.15, 0.2) is 66.5 Å². The Morgan fingerprint density at radius 2 is 1.50 bits per heavy atom. The molecular weight excluding hydrogens is 580 g/mol. The number of carbonyl (C=O) groups excluding carboxylic acids is 1. The molecule has 0 fully saturated rings. The second-order valence-corrected chi connectivity index (χ2v) is 12.9. The van der Waals surface area contributed by atoms with Gasteiger partial charge in [0.25, 0.3) is 0 Å². The van der Waals surface area contributed by atoms with Crippen molar-refractivity contribution >= 4 is 5.78 Å². The quantitative estimate of drug-likeness (QED) is 0.314. The summed E-state index contributed by atoms with van der Waals surface area (Å²) in [5.74, 6) is 3.78. The third-order valence-electron chi connectivity index (χ3n) is 10.4. The lowest BCUT2D eigenvalue weighted by molar-refractivity contribution is -0.113. The topological polar surface area (TPSA) is 69.7 Å². The molecule has 240 valence electrons. The van der Waals surface area contributed by atoms with E-state index in [1.165, 1.54) is 27.8 Å². The van der Waals surface area contributed by atoms with Crippen molar-refractivity contribution in [2.24, 2.45) is 0 Å². The molecule has 0 saturated heterocycles. The zero-order chi connectivity index (χ0) is 32.2. The molecule has 2 heterocycles. The number of rotatable bonds is 8. The Labute approximate surface area is 271 Å². The van der Waals surface area contributed by atoms with E-state index in [0.29, 0.717) is 11.5 Å². The monoisotopic (exact) mass is 622 g/mol. The highest BCUT2D eigenvalue weighted by Gasteiger charge is 2.50. The van der Waals surface area contributed by atoms with Crippen LogP contribution in [0.3, 0.4) is 0 Å². The first-order valence-corrected chi connectivity index (χ1v) is 16.0. The molecular formula is C38H42N2O6. The standard InChI is InChI=1S/C38H42N2O6/c1-39-15-12-24-18-31(42-3)32(43-4)20-27(24)28(39)17-23-7-9-26(10-8-23)46-34-22-38(14-11-30(34)41)21-29-35-25(13-16-40(29)2)19-33(44-5)37(45-6)36(35)38/h7-11,14,18-20,22,28-29H,12-13,15-17,21H2,1-6H3/t28-,29+,38-/m0/s1. The molecule has 7 rings (SSSR count). The van der Waals surface area contributed by atoms with Gasteiger partial charge in [0.05, 0.1) is 28.4 Å². The Hall–Kier alpha value is -4.27. The smallest absolute Gasteiger partial charge is 0.220 e. The first-order chi connectivity index (χ1) is 22.3. The molecule has 0 radical (unpaired) electrons. The first-order valence-electron chi connectivity index (χ1n) is 16.0. The summed E-state index contributed by atoms with van der Waals surface area (Å²) in [4.78, 5) is 18.0. The van der Waals surface area contributed by atoms with E-state index in [2.05, 4.69) is 54.2 Å². The Kier molecular flexibility index (Phi) is 7.81. The lowest BCUT2D eigenvalue weighted by Crippen LogP contribution is -2.33. The van der Waals surface area contributed by atoms with Gasteiger partial charge in [0.15, 0.2) is 28.8 Å². The zero-order valence-electron chi connectivity index (χ0n) is 27.5. The third-order valence-corrected chi connectivity index (χ3v) is 10.4. The molecule has 2 aliphatic carbocycles. The van der Waals surface area contributed by atoms with Crippen LogP contribution in [-0.4, -0.2) is 71.2 Å². The van der Waals surface area contributed by atoms with Crippen molar-refractivity contribution in [3.63, 3.8) is 0 Å². The maximum absolute atomic E-state index is 13.2. The second-order valence-electron chi connectivity index (χ2n) is 12.9. The summed E-state index contributed by atoms with van der Waals surface area (Å²) in [5, 5.41) is 0. The van der Waals surface area contributed by atoms with Crippen LogP contribution in [0, 0.1) is 0 Å². The number of benzene rings is 3. The average molecular weight is 623 g/mol. The number of fused-ring (bicyclic) bond motifs is 2. The van der Waals surface area contributed by atoms with Crippen molar-refractivity contribution in [1.82, 2.24) is 9.80 Å². The second kappa shape index (κ2) is 11.8. The largest absolute Gasteiger partial charge is 0.493 e. The molecule has 3 aromatic carbocycles. The normalized spacial score (nSPS) is 23.5. The maximum atomic E-state index is 13.2. The number of allylic oxidation sites excluding steroid dienone is 3. The predicted octanol–water partition coefficient (Wildman–Crippen LogP) is 5.77. The number of ketones is 1. The van der Waals surface area contributed by atoms with E-state index in [1.54, 1.807) is 34.5 Å². The van der Waals surface area contributed by atoms with Gasteiger partial charge in [0.1, 0.15) is 5.75 Å². The molecule has 8 nitrogen and oxygen atoms in total. The van der Waals surface area contributed by atoms with E-state index in [1.807, 2.05) is 24.3 Å². The summed E-state index contributed by atoms with van der Waals surface area (Å²) in [6.45, 7) is 1.94. The van der Waals surface area contributed by atoms with Gasteiger partial charge in [0.2, 0.25) is 5.78 Å². The van der Waals surface area contributed by atoms with Crippen LogP contribution in [0.2, 0.25) is 0 Å². The van der Waals surface area contributed by atoms with Crippen molar-refractivity contribution in [1.29, 1.82) is 0 Å². The summed E-state index contributed by atoms with van der Waals surface area (Å²) in [6.07, 6.45) is 9.24. The Balaban J connectivity index is 1.17. The number of hydrogen-bond donors (Lipinski definition) is 0. The molecule has 0 saturated carbocycles. The van der Waals surface area contributed by atoms with Gasteiger partial charge in [-0.2, -0.15) is 0 Å². The highest BCUT2D eigenvalue weighted by atomic mass is 16.5. The van der Waals surface area contributed by atoms with E-state index in [4.69, 9.17) is 23.7 Å². The van der Waals surface area contributed by atoms with Crippen molar-refractivity contribution in [3.05, 3.63) is 99.8 Å². The fraction of sp³-hybridized carbons (Fsp3) is 0.395. The van der Waals surface area contributed by atoms with Crippen LogP contribution in [0.1, 0.15) is 51.9 Å². The minimum Gasteiger partial charge on any atom is -0.493 e. The van der Waals surface area contributed by atoms with Gasteiger partial charge in [-0.25, -0.2) is 0 Å². The molecule has 1 spiro atoms. The minimum absolute atomic E-state index is 0.144. The van der Waals surface area contributed by atoms with Gasteiger partial charge >= 0.3 is 0 Å². The fourth-order valence-electron chi connectivity index (χ4n) is 7.95. The molecule has 4 aliphatic rings. The van der Waals surface area contributed by atoms with E-state index in [-0.39, 0.29) is 17.9 Å². The van der Waals surface area contributed by atoms with E-state index >= 15 is 0 Å². The summed E-state index contributed by atoms with van der Waals surface area (Å²) in [7, 11) is 11.1. The number of hydrogen-bond acceptors (Lipinski definition) is 8. The van der Waals surface area contributed by atoms with E-state index < -0.39 is 5.41 Å². The highest BCUT2D eigenvalue weighted by molar-refractivity contribution is 6.04. The maximum Gasteiger partial charge on any atom is 0.220 e. The predicted molar refractivity (Wildman–Crippen MR) is 177 cm³/mol. The van der Waals surface area contributed by atoms with Crippen LogP contribution in [0.5, 0.6) is 28.7 Å². The lowest BCUT2D eigenvalue weighted by Gasteiger charge is -2.35. The van der Waals surface area contributed by atoms with Crippen molar-refractivity contribution in [2.75, 3.05) is 55.6 Å². The molecule has 0 bridgehead atoms. The van der Waals surface area contributed by atoms with Gasteiger partial charge in [-0.1, -0.05) is 18.2 Å². The summed E-state index contributed by atoms with van der Waals surface area (Å²) < 4.78 is 29.3. The third kappa shape index (κ3) is 4.95. The van der Waals surface area contributed by atoms with Crippen molar-refractivity contribution < 1.29 is 28.5 Å². The molecule has 0 aromatic heterocycles. The summed E-state index contributed by atoms with van der Waals surface area (Å²) in [6, 6.07) is 14.9. The molecule has 0 amide bonds. The van der Waals surface area contributed by atoms with Crippen LogP contribution in [0.4, 0.5) is 0 Å². The molecule has 2 aliphatic heterocycles. The SMILES string of the molecule is COc1cc2c(cc1OC)[C@H](Cc1ccc(OC3=C[C@]4(C=CC3=O)C[C@@H]3c5c(cc(OC)c(OC)c54)CCN3C)cc1)N(C)CC2. The van der Waals surface area contributed by atoms with E-state index in [9.17, 15) is 4.79 Å². The Bertz CT molecular complexity index is 1740. The van der Waals surface area contributed by atoms with Crippen LogP contribution >= 0.6 is 0 Å². The van der Waals surface area contributed by atoms with Crippen molar-refractivity contribution in [3.8, 4) is 28.7 Å². The average Bonchev–Trinajstić information content (AvgIpc) is 3.41. The summed E-state index contributed by atoms with van der Waals surface area (Å²) >= 11 is 0. The summed E-state index contributed by atoms with van der Waals surface area (Å²) in [5.41, 5.74) is 6.85. The molecule has 8 heteroatoms. The number of carbonyl (C=O) groups is 1. The zero-order valence-corrected chi connectivity index (χ0v) is 27.5. The van der Waals surface area contributed by atoms with Gasteiger partial charge in [-0.3, -0.25) is 14.6 Å². The molecule has 46 heavy (non-hydrogen) atoms. The lowest BCUT2D eigenvalue weighted by atomic mass is 9.77. The van der Waals surface area contributed by atoms with Crippen molar-refractivity contribution in [2.45, 2.75) is 43.2 Å². The van der Waals surface area contributed by atoms with Gasteiger partial charge in [-0.05, 0) is 110 Å². The Morgan fingerprint density at radius 3 is 2.22 bits per heavy atom. The fourth-order valence-corrected chi connectivity index (χ4v) is 7.95. The van der Waals surface area contributed by atoms with Crippen LogP contribution < -0.4 is 23.7 Å². The minimum atomic E-state index is -0.543. The van der Waals surface area contributed by atoms with Crippen LogP contribution in [0.25, 0.3) is 0 Å². The first kappa shape index (κ1) is 30.4. The molecule has 3 aromatic rings.